The van der Waals surface area contributed by atoms with Gasteiger partial charge in [0, 0.05) is 11.8 Å². The maximum absolute atomic E-state index is 5.78. The van der Waals surface area contributed by atoms with Crippen molar-refractivity contribution >= 4 is 5.95 Å². The highest BCUT2D eigenvalue weighted by molar-refractivity contribution is 5.39. The molecule has 1 aromatic heterocycles. The van der Waals surface area contributed by atoms with E-state index in [0.717, 1.165) is 11.4 Å². The van der Waals surface area contributed by atoms with Crippen LogP contribution in [0, 0.1) is 0 Å². The fourth-order valence-corrected chi connectivity index (χ4v) is 2.11. The first kappa shape index (κ1) is 10.0. The van der Waals surface area contributed by atoms with Gasteiger partial charge in [0.2, 0.25) is 5.95 Å². The molecule has 2 N–H and O–H groups in total. The van der Waals surface area contributed by atoms with Crippen molar-refractivity contribution in [1.82, 2.24) is 9.97 Å². The highest BCUT2D eigenvalue weighted by atomic mass is 15.0. The molecule has 0 saturated carbocycles. The van der Waals surface area contributed by atoms with Crippen LogP contribution in [0.4, 0.5) is 5.95 Å². The standard InChI is InChI=1S/C14H13N3/c15-14-16-12(10-5-1-2-6-10)9-13(17-14)11-7-3-4-8-11/h1-11H,(H2,15,16,17). The highest BCUT2D eigenvalue weighted by Gasteiger charge is 2.15. The summed E-state index contributed by atoms with van der Waals surface area (Å²) in [4.78, 5) is 8.61. The quantitative estimate of drug-likeness (QED) is 0.838. The molecule has 84 valence electrons. The number of nitrogens with two attached hydrogens (primary N) is 1. The molecule has 2 aliphatic carbocycles. The van der Waals surface area contributed by atoms with E-state index in [9.17, 15) is 0 Å². The third-order valence-electron chi connectivity index (χ3n) is 2.96. The molecule has 2 aliphatic rings. The Bertz CT molecular complexity index is 482. The first-order valence-corrected chi connectivity index (χ1v) is 5.67. The third kappa shape index (κ3) is 1.91. The molecule has 0 radical (unpaired) electrons. The lowest BCUT2D eigenvalue weighted by molar-refractivity contribution is 0.921. The van der Waals surface area contributed by atoms with Gasteiger partial charge >= 0.3 is 0 Å². The van der Waals surface area contributed by atoms with Crippen LogP contribution in [-0.4, -0.2) is 9.97 Å². The van der Waals surface area contributed by atoms with E-state index in [0.29, 0.717) is 5.95 Å². The van der Waals surface area contributed by atoms with Crippen LogP contribution in [0.5, 0.6) is 0 Å². The molecule has 1 aromatic rings. The number of nitrogen functional groups attached to an aromatic ring is 1. The van der Waals surface area contributed by atoms with Crippen LogP contribution in [-0.2, 0) is 0 Å². The van der Waals surface area contributed by atoms with Crippen LogP contribution in [0.1, 0.15) is 23.2 Å². The lowest BCUT2D eigenvalue weighted by atomic mass is 10.0. The fraction of sp³-hybridized carbons (Fsp3) is 0.143. The first-order valence-electron chi connectivity index (χ1n) is 5.67. The Morgan fingerprint density at radius 3 is 1.59 bits per heavy atom. The van der Waals surface area contributed by atoms with Crippen LogP contribution < -0.4 is 5.73 Å². The summed E-state index contributed by atoms with van der Waals surface area (Å²) in [6, 6.07) is 2.03. The monoisotopic (exact) mass is 223 g/mol. The minimum Gasteiger partial charge on any atom is -0.368 e. The molecule has 3 heteroatoms. The predicted molar refractivity (Wildman–Crippen MR) is 68.5 cm³/mol. The molecular formula is C14H13N3. The van der Waals surface area contributed by atoms with Gasteiger partial charge in [0.25, 0.3) is 0 Å². The van der Waals surface area contributed by atoms with Crippen molar-refractivity contribution < 1.29 is 0 Å². The van der Waals surface area contributed by atoms with Gasteiger partial charge in [0.05, 0.1) is 11.4 Å². The number of rotatable bonds is 2. The van der Waals surface area contributed by atoms with Gasteiger partial charge in [-0.1, -0.05) is 48.6 Å². The molecule has 1 heterocycles. The summed E-state index contributed by atoms with van der Waals surface area (Å²) < 4.78 is 0. The summed E-state index contributed by atoms with van der Waals surface area (Å²) in [6.45, 7) is 0. The Morgan fingerprint density at radius 2 is 1.18 bits per heavy atom. The second-order valence-electron chi connectivity index (χ2n) is 4.17. The molecule has 0 fully saturated rings. The molecule has 3 rings (SSSR count). The van der Waals surface area contributed by atoms with Crippen molar-refractivity contribution in [3.8, 4) is 0 Å². The van der Waals surface area contributed by atoms with Gasteiger partial charge in [-0.05, 0) is 6.07 Å². The van der Waals surface area contributed by atoms with Crippen LogP contribution in [0.2, 0.25) is 0 Å². The number of aromatic nitrogens is 2. The summed E-state index contributed by atoms with van der Waals surface area (Å²) in [5.41, 5.74) is 7.70. The molecule has 0 spiro atoms. The van der Waals surface area contributed by atoms with Gasteiger partial charge in [-0.3, -0.25) is 0 Å². The lowest BCUT2D eigenvalue weighted by Crippen LogP contribution is -2.06. The summed E-state index contributed by atoms with van der Waals surface area (Å²) >= 11 is 0. The second kappa shape index (κ2) is 4.01. The molecule has 0 atom stereocenters. The zero-order chi connectivity index (χ0) is 11.7. The summed E-state index contributed by atoms with van der Waals surface area (Å²) in [5.74, 6) is 0.807. The number of allylic oxidation sites excluding steroid dienone is 8. The second-order valence-corrected chi connectivity index (χ2v) is 4.17. The summed E-state index contributed by atoms with van der Waals surface area (Å²) in [6.07, 6.45) is 16.5. The first-order chi connectivity index (χ1) is 8.33. The van der Waals surface area contributed by atoms with Gasteiger partial charge in [0.1, 0.15) is 0 Å². The van der Waals surface area contributed by atoms with Gasteiger partial charge < -0.3 is 5.73 Å². The Morgan fingerprint density at radius 1 is 0.765 bits per heavy atom. The lowest BCUT2D eigenvalue weighted by Gasteiger charge is -2.10. The summed E-state index contributed by atoms with van der Waals surface area (Å²) in [5, 5.41) is 0. The average molecular weight is 223 g/mol. The molecule has 0 amide bonds. The van der Waals surface area contributed by atoms with Crippen molar-refractivity contribution in [3.63, 3.8) is 0 Å². The van der Waals surface area contributed by atoms with Crippen molar-refractivity contribution in [1.29, 1.82) is 0 Å². The average Bonchev–Trinajstić information content (AvgIpc) is 3.02. The normalized spacial score (nSPS) is 18.6. The van der Waals surface area contributed by atoms with Gasteiger partial charge in [0.15, 0.2) is 0 Å². The minimum absolute atomic E-state index is 0.230. The SMILES string of the molecule is Nc1nc(C2C=CC=C2)cc(C2C=CC=C2)n1. The Balaban J connectivity index is 2.00. The summed E-state index contributed by atoms with van der Waals surface area (Å²) in [7, 11) is 0. The van der Waals surface area contributed by atoms with E-state index in [1.54, 1.807) is 0 Å². The topological polar surface area (TPSA) is 51.8 Å². The number of hydrogen-bond acceptors (Lipinski definition) is 3. The van der Waals surface area contributed by atoms with E-state index in [4.69, 9.17) is 5.73 Å². The zero-order valence-electron chi connectivity index (χ0n) is 9.32. The maximum Gasteiger partial charge on any atom is 0.220 e. The molecule has 0 bridgehead atoms. The van der Waals surface area contributed by atoms with E-state index in [2.05, 4.69) is 34.3 Å². The smallest absolute Gasteiger partial charge is 0.220 e. The minimum atomic E-state index is 0.230. The fourth-order valence-electron chi connectivity index (χ4n) is 2.11. The molecule has 0 aromatic carbocycles. The molecule has 17 heavy (non-hydrogen) atoms. The predicted octanol–water partition coefficient (Wildman–Crippen LogP) is 2.48. The molecule has 3 nitrogen and oxygen atoms in total. The van der Waals surface area contributed by atoms with Crippen molar-refractivity contribution in [2.45, 2.75) is 11.8 Å². The van der Waals surface area contributed by atoms with E-state index in [1.807, 2.05) is 30.4 Å². The van der Waals surface area contributed by atoms with E-state index in [1.165, 1.54) is 0 Å². The number of nitrogens with zero attached hydrogens (tertiary/aromatic N) is 2. The Hall–Kier alpha value is -2.16. The van der Waals surface area contributed by atoms with Crippen LogP contribution in [0.3, 0.4) is 0 Å². The van der Waals surface area contributed by atoms with Crippen LogP contribution >= 0.6 is 0 Å². The van der Waals surface area contributed by atoms with E-state index in [-0.39, 0.29) is 11.8 Å². The highest BCUT2D eigenvalue weighted by Crippen LogP contribution is 2.27. The Labute approximate surface area is 100 Å². The van der Waals surface area contributed by atoms with Gasteiger partial charge in [-0.25, -0.2) is 9.97 Å². The van der Waals surface area contributed by atoms with Crippen LogP contribution in [0.15, 0.2) is 54.7 Å². The van der Waals surface area contributed by atoms with E-state index < -0.39 is 0 Å². The largest absolute Gasteiger partial charge is 0.368 e. The molecule has 0 aliphatic heterocycles. The number of anilines is 1. The van der Waals surface area contributed by atoms with Gasteiger partial charge in [-0.2, -0.15) is 0 Å². The van der Waals surface area contributed by atoms with Crippen molar-refractivity contribution in [2.75, 3.05) is 5.73 Å². The molecule has 0 saturated heterocycles. The van der Waals surface area contributed by atoms with Crippen molar-refractivity contribution in [2.24, 2.45) is 0 Å². The zero-order valence-corrected chi connectivity index (χ0v) is 9.32. The molecule has 0 unspecified atom stereocenters. The van der Waals surface area contributed by atoms with E-state index >= 15 is 0 Å². The van der Waals surface area contributed by atoms with Gasteiger partial charge in [-0.15, -0.1) is 0 Å². The Kier molecular flexibility index (Phi) is 2.37. The molecular weight excluding hydrogens is 210 g/mol. The van der Waals surface area contributed by atoms with Crippen molar-refractivity contribution in [3.05, 3.63) is 66.1 Å². The van der Waals surface area contributed by atoms with Crippen LogP contribution in [0.25, 0.3) is 0 Å². The maximum atomic E-state index is 5.78. The number of hydrogen-bond donors (Lipinski definition) is 1. The third-order valence-corrected chi connectivity index (χ3v) is 2.96.